The van der Waals surface area contributed by atoms with Crippen molar-refractivity contribution in [1.82, 2.24) is 0 Å². The van der Waals surface area contributed by atoms with Gasteiger partial charge in [-0.05, 0) is 17.8 Å². The minimum Gasteiger partial charge on any atom is -0.463 e. The molecule has 0 amide bonds. The second-order valence-electron chi connectivity index (χ2n) is 6.33. The first-order valence-electron chi connectivity index (χ1n) is 6.70. The average molecular weight is 259 g/mol. The number of hydrogen-bond acceptors (Lipinski definition) is 4. The highest BCUT2D eigenvalue weighted by atomic mass is 16.6. The van der Waals surface area contributed by atoms with Gasteiger partial charge in [-0.3, -0.25) is 4.79 Å². The first kappa shape index (κ1) is 17.4. The topological polar surface area (TPSA) is 61.5 Å². The Labute approximate surface area is 111 Å². The Hall–Kier alpha value is -0.610. The van der Waals surface area contributed by atoms with Crippen LogP contribution in [0.15, 0.2) is 0 Å². The monoisotopic (exact) mass is 259 g/mol. The third-order valence-corrected chi connectivity index (χ3v) is 2.40. The zero-order valence-corrected chi connectivity index (χ0v) is 12.5. The molecule has 0 rings (SSSR count). The van der Waals surface area contributed by atoms with Crippen LogP contribution in [0.2, 0.25) is 0 Å². The predicted molar refractivity (Wildman–Crippen MR) is 73.2 cm³/mol. The van der Waals surface area contributed by atoms with Gasteiger partial charge in [-0.1, -0.05) is 34.6 Å². The SMILES string of the molecule is CC(C)COCCOC(=O)C(CN)CC(C)(C)C. The molecule has 0 spiro atoms. The van der Waals surface area contributed by atoms with Gasteiger partial charge in [0.1, 0.15) is 6.61 Å². The molecule has 1 atom stereocenters. The van der Waals surface area contributed by atoms with Crippen LogP contribution in [-0.4, -0.2) is 32.3 Å². The number of ether oxygens (including phenoxy) is 2. The van der Waals surface area contributed by atoms with E-state index in [2.05, 4.69) is 34.6 Å². The Morgan fingerprint density at radius 2 is 1.83 bits per heavy atom. The van der Waals surface area contributed by atoms with Crippen molar-refractivity contribution in [3.05, 3.63) is 0 Å². The Morgan fingerprint density at radius 1 is 1.22 bits per heavy atom. The zero-order chi connectivity index (χ0) is 14.2. The van der Waals surface area contributed by atoms with E-state index in [1.54, 1.807) is 0 Å². The summed E-state index contributed by atoms with van der Waals surface area (Å²) in [5.74, 6) is 0.0778. The molecule has 0 radical (unpaired) electrons. The van der Waals surface area contributed by atoms with E-state index in [0.29, 0.717) is 32.3 Å². The van der Waals surface area contributed by atoms with E-state index in [-0.39, 0.29) is 17.3 Å². The lowest BCUT2D eigenvalue weighted by Gasteiger charge is -2.23. The molecule has 0 aromatic rings. The Morgan fingerprint density at radius 3 is 2.28 bits per heavy atom. The van der Waals surface area contributed by atoms with Crippen molar-refractivity contribution >= 4 is 5.97 Å². The molecule has 4 nitrogen and oxygen atoms in total. The summed E-state index contributed by atoms with van der Waals surface area (Å²) in [5.41, 5.74) is 5.70. The second kappa shape index (κ2) is 8.48. The van der Waals surface area contributed by atoms with Gasteiger partial charge in [-0.15, -0.1) is 0 Å². The van der Waals surface area contributed by atoms with Crippen LogP contribution in [0.25, 0.3) is 0 Å². The van der Waals surface area contributed by atoms with E-state index in [9.17, 15) is 4.79 Å². The molecule has 1 unspecified atom stereocenters. The fourth-order valence-electron chi connectivity index (χ4n) is 1.64. The van der Waals surface area contributed by atoms with Crippen LogP contribution >= 0.6 is 0 Å². The van der Waals surface area contributed by atoms with Crippen molar-refractivity contribution in [3.8, 4) is 0 Å². The maximum Gasteiger partial charge on any atom is 0.310 e. The summed E-state index contributed by atoms with van der Waals surface area (Å²) in [5, 5.41) is 0. The van der Waals surface area contributed by atoms with Crippen molar-refractivity contribution in [2.45, 2.75) is 41.0 Å². The van der Waals surface area contributed by atoms with Crippen LogP contribution in [0, 0.1) is 17.3 Å². The molecule has 18 heavy (non-hydrogen) atoms. The van der Waals surface area contributed by atoms with Gasteiger partial charge in [0.05, 0.1) is 12.5 Å². The van der Waals surface area contributed by atoms with Crippen LogP contribution < -0.4 is 5.73 Å². The molecule has 0 fully saturated rings. The number of rotatable bonds is 8. The summed E-state index contributed by atoms with van der Waals surface area (Å²) >= 11 is 0. The lowest BCUT2D eigenvalue weighted by Crippen LogP contribution is -2.30. The molecule has 0 aliphatic carbocycles. The first-order chi connectivity index (χ1) is 8.26. The van der Waals surface area contributed by atoms with Crippen molar-refractivity contribution in [2.24, 2.45) is 23.0 Å². The van der Waals surface area contributed by atoms with Crippen LogP contribution in [0.4, 0.5) is 0 Å². The largest absolute Gasteiger partial charge is 0.463 e. The normalized spacial score (nSPS) is 13.7. The number of nitrogens with two attached hydrogens (primary N) is 1. The molecular formula is C14H29NO3. The van der Waals surface area contributed by atoms with Crippen molar-refractivity contribution in [3.63, 3.8) is 0 Å². The zero-order valence-electron chi connectivity index (χ0n) is 12.5. The van der Waals surface area contributed by atoms with E-state index in [4.69, 9.17) is 15.2 Å². The van der Waals surface area contributed by atoms with Gasteiger partial charge in [0.2, 0.25) is 0 Å². The van der Waals surface area contributed by atoms with Gasteiger partial charge in [0.25, 0.3) is 0 Å². The number of carbonyl (C=O) groups excluding carboxylic acids is 1. The molecule has 108 valence electrons. The van der Waals surface area contributed by atoms with E-state index >= 15 is 0 Å². The minimum atomic E-state index is -0.213. The summed E-state index contributed by atoms with van der Waals surface area (Å²) in [7, 11) is 0. The van der Waals surface area contributed by atoms with Crippen molar-refractivity contribution < 1.29 is 14.3 Å². The van der Waals surface area contributed by atoms with Gasteiger partial charge < -0.3 is 15.2 Å². The maximum atomic E-state index is 11.8. The van der Waals surface area contributed by atoms with E-state index in [1.807, 2.05) is 0 Å². The van der Waals surface area contributed by atoms with Crippen LogP contribution in [0.5, 0.6) is 0 Å². The molecular weight excluding hydrogens is 230 g/mol. The number of carbonyl (C=O) groups is 1. The van der Waals surface area contributed by atoms with Crippen LogP contribution in [0.3, 0.4) is 0 Å². The summed E-state index contributed by atoms with van der Waals surface area (Å²) in [6, 6.07) is 0. The summed E-state index contributed by atoms with van der Waals surface area (Å²) < 4.78 is 10.5. The van der Waals surface area contributed by atoms with E-state index < -0.39 is 0 Å². The van der Waals surface area contributed by atoms with E-state index in [0.717, 1.165) is 6.42 Å². The van der Waals surface area contributed by atoms with E-state index in [1.165, 1.54) is 0 Å². The molecule has 4 heteroatoms. The molecule has 0 saturated heterocycles. The smallest absolute Gasteiger partial charge is 0.310 e. The van der Waals surface area contributed by atoms with Gasteiger partial charge >= 0.3 is 5.97 Å². The Kier molecular flexibility index (Phi) is 8.20. The molecule has 0 aliphatic rings. The molecule has 0 aromatic heterocycles. The molecule has 0 heterocycles. The number of esters is 1. The molecule has 0 bridgehead atoms. The quantitative estimate of drug-likeness (QED) is 0.536. The Bertz CT molecular complexity index is 234. The highest BCUT2D eigenvalue weighted by molar-refractivity contribution is 5.72. The average Bonchev–Trinajstić information content (AvgIpc) is 2.23. The first-order valence-corrected chi connectivity index (χ1v) is 6.70. The molecule has 0 saturated carbocycles. The van der Waals surface area contributed by atoms with Gasteiger partial charge in [-0.25, -0.2) is 0 Å². The fourth-order valence-corrected chi connectivity index (χ4v) is 1.64. The highest BCUT2D eigenvalue weighted by Gasteiger charge is 2.24. The lowest BCUT2D eigenvalue weighted by molar-refractivity contribution is -0.150. The predicted octanol–water partition coefficient (Wildman–Crippen LogP) is 2.21. The third-order valence-electron chi connectivity index (χ3n) is 2.40. The maximum absolute atomic E-state index is 11.8. The molecule has 0 aliphatic heterocycles. The third kappa shape index (κ3) is 9.42. The van der Waals surface area contributed by atoms with Gasteiger partial charge in [0.15, 0.2) is 0 Å². The van der Waals surface area contributed by atoms with Crippen molar-refractivity contribution in [2.75, 3.05) is 26.4 Å². The van der Waals surface area contributed by atoms with Gasteiger partial charge in [-0.2, -0.15) is 0 Å². The lowest BCUT2D eigenvalue weighted by atomic mass is 9.85. The summed E-state index contributed by atoms with van der Waals surface area (Å²) in [4.78, 5) is 11.8. The second-order valence-corrected chi connectivity index (χ2v) is 6.33. The Balaban J connectivity index is 3.84. The van der Waals surface area contributed by atoms with Gasteiger partial charge in [0, 0.05) is 13.2 Å². The summed E-state index contributed by atoms with van der Waals surface area (Å²) in [6.07, 6.45) is 0.745. The standard InChI is InChI=1S/C14H29NO3/c1-11(2)10-17-6-7-18-13(16)12(9-15)8-14(3,4)5/h11-12H,6-10,15H2,1-5H3. The highest BCUT2D eigenvalue weighted by Crippen LogP contribution is 2.24. The van der Waals surface area contributed by atoms with Crippen LogP contribution in [0.1, 0.15) is 41.0 Å². The number of hydrogen-bond donors (Lipinski definition) is 1. The van der Waals surface area contributed by atoms with Crippen molar-refractivity contribution in [1.29, 1.82) is 0 Å². The fraction of sp³-hybridized carbons (Fsp3) is 0.929. The summed E-state index contributed by atoms with van der Waals surface area (Å²) in [6.45, 7) is 12.2. The van der Waals surface area contributed by atoms with Crippen LogP contribution in [-0.2, 0) is 14.3 Å². The minimum absolute atomic E-state index is 0.0806. The molecule has 2 N–H and O–H groups in total. The molecule has 0 aromatic carbocycles.